The number of amides is 2. The molecule has 0 radical (unpaired) electrons. The van der Waals surface area contributed by atoms with E-state index in [1.54, 1.807) is 37.4 Å². The molecular formula is C22H18FN5O2S. The van der Waals surface area contributed by atoms with Crippen LogP contribution >= 0.6 is 11.3 Å². The fourth-order valence-electron chi connectivity index (χ4n) is 2.99. The summed E-state index contributed by atoms with van der Waals surface area (Å²) in [4.78, 5) is 29.7. The number of nitrogens with one attached hydrogen (secondary N) is 2. The third kappa shape index (κ3) is 4.51. The number of aromatic nitrogens is 3. The SMILES string of the molecule is CNC(=O)c1cccc(CNC(=O)c2nc(-c3cccs3)n(-c3cccc(F)c3)n2)c1. The van der Waals surface area contributed by atoms with Crippen molar-refractivity contribution in [2.45, 2.75) is 6.54 Å². The molecule has 0 atom stereocenters. The molecule has 0 unspecified atom stereocenters. The van der Waals surface area contributed by atoms with Crippen LogP contribution in [0.25, 0.3) is 16.4 Å². The fourth-order valence-corrected chi connectivity index (χ4v) is 3.69. The van der Waals surface area contributed by atoms with Crippen molar-refractivity contribution in [3.63, 3.8) is 0 Å². The van der Waals surface area contributed by atoms with Crippen molar-refractivity contribution in [1.29, 1.82) is 0 Å². The first-order valence-electron chi connectivity index (χ1n) is 9.41. The molecule has 0 aliphatic rings. The molecule has 0 saturated carbocycles. The highest BCUT2D eigenvalue weighted by Crippen LogP contribution is 2.25. The van der Waals surface area contributed by atoms with E-state index < -0.39 is 11.7 Å². The van der Waals surface area contributed by atoms with Gasteiger partial charge >= 0.3 is 0 Å². The number of hydrogen-bond acceptors (Lipinski definition) is 5. The lowest BCUT2D eigenvalue weighted by Gasteiger charge is -2.05. The van der Waals surface area contributed by atoms with Gasteiger partial charge in [-0.25, -0.2) is 14.1 Å². The number of nitrogens with zero attached hydrogens (tertiary/aromatic N) is 3. The van der Waals surface area contributed by atoms with E-state index in [4.69, 9.17) is 0 Å². The topological polar surface area (TPSA) is 88.9 Å². The van der Waals surface area contributed by atoms with Gasteiger partial charge in [0.25, 0.3) is 11.8 Å². The molecule has 4 rings (SSSR count). The van der Waals surface area contributed by atoms with Gasteiger partial charge in [-0.2, -0.15) is 0 Å². The van der Waals surface area contributed by atoms with Crippen LogP contribution in [0.15, 0.2) is 66.0 Å². The highest BCUT2D eigenvalue weighted by molar-refractivity contribution is 7.13. The average Bonchev–Trinajstić information content (AvgIpc) is 3.47. The van der Waals surface area contributed by atoms with E-state index in [1.165, 1.54) is 28.2 Å². The van der Waals surface area contributed by atoms with Crippen molar-refractivity contribution in [2.75, 3.05) is 7.05 Å². The van der Waals surface area contributed by atoms with Gasteiger partial charge < -0.3 is 10.6 Å². The third-order valence-electron chi connectivity index (χ3n) is 4.47. The van der Waals surface area contributed by atoms with Crippen LogP contribution in [0.5, 0.6) is 0 Å². The van der Waals surface area contributed by atoms with Crippen LogP contribution in [0.3, 0.4) is 0 Å². The first kappa shape index (κ1) is 20.4. The Morgan fingerprint density at radius 2 is 1.90 bits per heavy atom. The first-order valence-corrected chi connectivity index (χ1v) is 10.3. The summed E-state index contributed by atoms with van der Waals surface area (Å²) in [6.45, 7) is 0.201. The van der Waals surface area contributed by atoms with Gasteiger partial charge in [0, 0.05) is 19.2 Å². The second-order valence-electron chi connectivity index (χ2n) is 6.59. The normalized spacial score (nSPS) is 10.6. The van der Waals surface area contributed by atoms with E-state index in [2.05, 4.69) is 20.7 Å². The molecule has 2 amide bonds. The quantitative estimate of drug-likeness (QED) is 0.486. The van der Waals surface area contributed by atoms with Gasteiger partial charge in [0.05, 0.1) is 10.6 Å². The Morgan fingerprint density at radius 3 is 2.65 bits per heavy atom. The maximum Gasteiger partial charge on any atom is 0.291 e. The number of thiophene rings is 1. The lowest BCUT2D eigenvalue weighted by molar-refractivity contribution is 0.0939. The second-order valence-corrected chi connectivity index (χ2v) is 7.54. The molecule has 0 spiro atoms. The van der Waals surface area contributed by atoms with Gasteiger partial charge in [0.1, 0.15) is 5.82 Å². The number of carbonyl (C=O) groups excluding carboxylic acids is 2. The largest absolute Gasteiger partial charge is 0.355 e. The van der Waals surface area contributed by atoms with Gasteiger partial charge in [0.15, 0.2) is 5.82 Å². The van der Waals surface area contributed by atoms with Crippen LogP contribution in [0, 0.1) is 5.82 Å². The van der Waals surface area contributed by atoms with Crippen LogP contribution in [0.1, 0.15) is 26.5 Å². The number of benzene rings is 2. The maximum atomic E-state index is 13.7. The second kappa shape index (κ2) is 8.88. The van der Waals surface area contributed by atoms with Crippen molar-refractivity contribution < 1.29 is 14.0 Å². The Hall–Kier alpha value is -3.85. The van der Waals surface area contributed by atoms with E-state index in [-0.39, 0.29) is 18.3 Å². The van der Waals surface area contributed by atoms with Gasteiger partial charge in [-0.15, -0.1) is 16.4 Å². The predicted molar refractivity (Wildman–Crippen MR) is 116 cm³/mol. The van der Waals surface area contributed by atoms with Crippen molar-refractivity contribution in [1.82, 2.24) is 25.4 Å². The van der Waals surface area contributed by atoms with E-state index in [0.29, 0.717) is 17.1 Å². The lowest BCUT2D eigenvalue weighted by Crippen LogP contribution is -2.24. The number of halogens is 1. The highest BCUT2D eigenvalue weighted by Gasteiger charge is 2.19. The predicted octanol–water partition coefficient (Wildman–Crippen LogP) is 3.42. The van der Waals surface area contributed by atoms with Crippen molar-refractivity contribution >= 4 is 23.2 Å². The molecule has 0 aliphatic heterocycles. The molecule has 7 nitrogen and oxygen atoms in total. The van der Waals surface area contributed by atoms with Gasteiger partial charge in [-0.1, -0.05) is 24.3 Å². The third-order valence-corrected chi connectivity index (χ3v) is 5.34. The standard InChI is InChI=1S/C22H18FN5O2S/c1-24-21(29)15-6-2-5-14(11-15)13-25-22(30)19-26-20(18-9-4-10-31-18)28(27-19)17-8-3-7-16(23)12-17/h2-12H,13H2,1H3,(H,24,29)(H,25,30). The Balaban J connectivity index is 1.59. The summed E-state index contributed by atoms with van der Waals surface area (Å²) in [6.07, 6.45) is 0. The molecule has 2 N–H and O–H groups in total. The van der Waals surface area contributed by atoms with E-state index in [9.17, 15) is 14.0 Å². The summed E-state index contributed by atoms with van der Waals surface area (Å²) < 4.78 is 15.2. The summed E-state index contributed by atoms with van der Waals surface area (Å²) >= 11 is 1.44. The molecule has 4 aromatic rings. The van der Waals surface area contributed by atoms with E-state index in [1.807, 2.05) is 23.6 Å². The zero-order chi connectivity index (χ0) is 21.8. The van der Waals surface area contributed by atoms with E-state index >= 15 is 0 Å². The smallest absolute Gasteiger partial charge is 0.291 e. The summed E-state index contributed by atoms with van der Waals surface area (Å²) in [5, 5.41) is 11.5. The number of rotatable bonds is 6. The highest BCUT2D eigenvalue weighted by atomic mass is 32.1. The molecule has 0 saturated heterocycles. The van der Waals surface area contributed by atoms with Gasteiger partial charge in [-0.05, 0) is 47.3 Å². The van der Waals surface area contributed by atoms with Crippen molar-refractivity contribution in [3.8, 4) is 16.4 Å². The van der Waals surface area contributed by atoms with Crippen molar-refractivity contribution in [3.05, 3.63) is 88.8 Å². The Morgan fingerprint density at radius 1 is 1.06 bits per heavy atom. The first-order chi connectivity index (χ1) is 15.0. The van der Waals surface area contributed by atoms with Gasteiger partial charge in [-0.3, -0.25) is 9.59 Å². The Labute approximate surface area is 181 Å². The minimum Gasteiger partial charge on any atom is -0.355 e. The van der Waals surface area contributed by atoms with Crippen LogP contribution in [-0.2, 0) is 6.54 Å². The van der Waals surface area contributed by atoms with E-state index in [0.717, 1.165) is 10.4 Å². The minimum absolute atomic E-state index is 0.0323. The van der Waals surface area contributed by atoms with Crippen LogP contribution in [0.4, 0.5) is 4.39 Å². The molecule has 0 fully saturated rings. The molecule has 9 heteroatoms. The zero-order valence-electron chi connectivity index (χ0n) is 16.5. The lowest BCUT2D eigenvalue weighted by atomic mass is 10.1. The molecule has 0 bridgehead atoms. The summed E-state index contributed by atoms with van der Waals surface area (Å²) in [6, 6.07) is 16.6. The van der Waals surface area contributed by atoms with Gasteiger partial charge in [0.2, 0.25) is 5.82 Å². The molecule has 156 valence electrons. The fraction of sp³-hybridized carbons (Fsp3) is 0.0909. The zero-order valence-corrected chi connectivity index (χ0v) is 17.3. The molecule has 2 aromatic carbocycles. The molecule has 2 heterocycles. The van der Waals surface area contributed by atoms with Crippen LogP contribution < -0.4 is 10.6 Å². The molecule has 0 aliphatic carbocycles. The maximum absolute atomic E-state index is 13.7. The molecule has 31 heavy (non-hydrogen) atoms. The Bertz CT molecular complexity index is 1240. The minimum atomic E-state index is -0.474. The van der Waals surface area contributed by atoms with Crippen LogP contribution in [-0.4, -0.2) is 33.6 Å². The number of hydrogen-bond donors (Lipinski definition) is 2. The molecular weight excluding hydrogens is 417 g/mol. The summed E-state index contributed by atoms with van der Waals surface area (Å²) in [5.41, 5.74) is 1.73. The summed E-state index contributed by atoms with van der Waals surface area (Å²) in [5.74, 6) is -0.669. The monoisotopic (exact) mass is 435 g/mol. The molecule has 2 aromatic heterocycles. The van der Waals surface area contributed by atoms with Crippen molar-refractivity contribution in [2.24, 2.45) is 0 Å². The summed E-state index contributed by atoms with van der Waals surface area (Å²) in [7, 11) is 1.56. The average molecular weight is 435 g/mol. The number of carbonyl (C=O) groups is 2. The van der Waals surface area contributed by atoms with Crippen LogP contribution in [0.2, 0.25) is 0 Å². The Kier molecular flexibility index (Phi) is 5.85.